The second kappa shape index (κ2) is 10.9. The van der Waals surface area contributed by atoms with Crippen molar-refractivity contribution in [3.8, 4) is 11.6 Å². The molecule has 1 aliphatic rings. The predicted molar refractivity (Wildman–Crippen MR) is 129 cm³/mol. The van der Waals surface area contributed by atoms with E-state index in [-0.39, 0.29) is 17.0 Å². The average molecular weight is 456 g/mol. The van der Waals surface area contributed by atoms with Gasteiger partial charge in [0.2, 0.25) is 5.88 Å². The Morgan fingerprint density at radius 2 is 2.03 bits per heavy atom. The topological polar surface area (TPSA) is 66.9 Å². The van der Waals surface area contributed by atoms with Crippen LogP contribution in [-0.2, 0) is 20.7 Å². The summed E-state index contributed by atoms with van der Waals surface area (Å²) in [5.41, 5.74) is 1.96. The Morgan fingerprint density at radius 1 is 1.22 bits per heavy atom. The largest absolute Gasteiger partial charge is 0.439 e. The highest BCUT2D eigenvalue weighted by Crippen LogP contribution is 2.33. The second-order valence-corrected chi connectivity index (χ2v) is 10.5. The Balaban J connectivity index is 1.76. The molecule has 2 atom stereocenters. The first-order valence-corrected chi connectivity index (χ1v) is 11.5. The second-order valence-electron chi connectivity index (χ2n) is 9.09. The van der Waals surface area contributed by atoms with Crippen molar-refractivity contribution in [2.75, 3.05) is 6.61 Å². The van der Waals surface area contributed by atoms with Gasteiger partial charge in [-0.2, -0.15) is 0 Å². The lowest BCUT2D eigenvalue weighted by Gasteiger charge is -2.39. The molecular formula is C24H32BNO5P. The highest BCUT2D eigenvalue weighted by molar-refractivity contribution is 7.19. The minimum Gasteiger partial charge on any atom is -0.439 e. The normalized spacial score (nSPS) is 17.1. The van der Waals surface area contributed by atoms with Gasteiger partial charge in [0.1, 0.15) is 5.75 Å². The van der Waals surface area contributed by atoms with Gasteiger partial charge in [0.05, 0.1) is 12.2 Å². The Bertz CT molecular complexity index is 892. The maximum absolute atomic E-state index is 10.8. The van der Waals surface area contributed by atoms with E-state index in [0.29, 0.717) is 23.8 Å². The van der Waals surface area contributed by atoms with Crippen LogP contribution in [0.25, 0.3) is 0 Å². The van der Waals surface area contributed by atoms with E-state index < -0.39 is 0 Å². The van der Waals surface area contributed by atoms with Crippen molar-refractivity contribution >= 4 is 28.5 Å². The van der Waals surface area contributed by atoms with Gasteiger partial charge < -0.3 is 18.9 Å². The summed E-state index contributed by atoms with van der Waals surface area (Å²) in [6, 6.07) is 9.07. The molecule has 8 heteroatoms. The molecule has 1 aliphatic heterocycles. The minimum absolute atomic E-state index is 0.113. The van der Waals surface area contributed by atoms with Crippen LogP contribution in [0.1, 0.15) is 62.9 Å². The van der Waals surface area contributed by atoms with Crippen LogP contribution in [0.2, 0.25) is 0 Å². The van der Waals surface area contributed by atoms with Gasteiger partial charge in [-0.05, 0) is 62.3 Å². The number of aldehydes is 1. The van der Waals surface area contributed by atoms with Crippen LogP contribution in [0, 0.1) is 0 Å². The van der Waals surface area contributed by atoms with Crippen LogP contribution in [0.3, 0.4) is 0 Å². The van der Waals surface area contributed by atoms with Gasteiger partial charge >= 0.3 is 7.48 Å². The summed E-state index contributed by atoms with van der Waals surface area (Å²) >= 11 is 0. The summed E-state index contributed by atoms with van der Waals surface area (Å²) in [7, 11) is 4.63. The minimum atomic E-state index is -0.387. The van der Waals surface area contributed by atoms with E-state index in [9.17, 15) is 4.79 Å². The molecule has 0 bridgehead atoms. The molecule has 171 valence electrons. The van der Waals surface area contributed by atoms with Crippen LogP contribution < -0.4 is 10.2 Å². The lowest BCUT2D eigenvalue weighted by molar-refractivity contribution is -0.168. The first-order chi connectivity index (χ1) is 15.2. The Labute approximate surface area is 193 Å². The number of hydrogen-bond donors (Lipinski definition) is 0. The van der Waals surface area contributed by atoms with Crippen LogP contribution in [-0.4, -0.2) is 42.4 Å². The number of carbonyl (C=O) groups excluding carboxylic acids is 1. The molecular weight excluding hydrogens is 424 g/mol. The monoisotopic (exact) mass is 456 g/mol. The van der Waals surface area contributed by atoms with E-state index in [1.807, 2.05) is 18.2 Å². The molecule has 1 aromatic heterocycles. The Hall–Kier alpha value is -1.79. The highest BCUT2D eigenvalue weighted by atomic mass is 31.0. The van der Waals surface area contributed by atoms with E-state index >= 15 is 0 Å². The van der Waals surface area contributed by atoms with Gasteiger partial charge in [-0.15, -0.1) is 9.24 Å². The van der Waals surface area contributed by atoms with Crippen molar-refractivity contribution < 1.29 is 23.7 Å². The summed E-state index contributed by atoms with van der Waals surface area (Å²) in [5.74, 6) is 1.04. The summed E-state index contributed by atoms with van der Waals surface area (Å²) < 4.78 is 23.8. The number of pyridine rings is 1. The van der Waals surface area contributed by atoms with Gasteiger partial charge in [-0.3, -0.25) is 4.79 Å². The van der Waals surface area contributed by atoms with E-state index in [1.165, 1.54) is 6.20 Å². The molecule has 2 aromatic rings. The SMILES string of the molecule is CC(C)(P)C(C)(C)O[B]c1ccc(Oc2ccc(C=O)cn2)cc1COC1CCCCO1. The fraction of sp³-hybridized carbons (Fsp3) is 0.500. The van der Waals surface area contributed by atoms with Gasteiger partial charge in [0.15, 0.2) is 12.6 Å². The van der Waals surface area contributed by atoms with Crippen LogP contribution in [0.5, 0.6) is 11.6 Å². The molecule has 2 heterocycles. The number of nitrogens with zero attached hydrogens (tertiary/aromatic N) is 1. The third-order valence-electron chi connectivity index (χ3n) is 5.83. The van der Waals surface area contributed by atoms with E-state index in [1.54, 1.807) is 19.6 Å². The number of hydrogen-bond acceptors (Lipinski definition) is 6. The average Bonchev–Trinajstić information content (AvgIpc) is 2.77. The van der Waals surface area contributed by atoms with Crippen molar-refractivity contribution in [1.29, 1.82) is 0 Å². The molecule has 6 nitrogen and oxygen atoms in total. The number of benzene rings is 1. The summed E-state index contributed by atoms with van der Waals surface area (Å²) in [5, 5.41) is -0.113. The van der Waals surface area contributed by atoms with Crippen LogP contribution in [0.15, 0.2) is 36.5 Å². The smallest absolute Gasteiger partial charge is 0.331 e. The summed E-state index contributed by atoms with van der Waals surface area (Å²) in [6.45, 7) is 9.48. The van der Waals surface area contributed by atoms with Crippen molar-refractivity contribution in [2.45, 2.75) is 70.6 Å². The van der Waals surface area contributed by atoms with E-state index in [0.717, 1.165) is 43.2 Å². The fourth-order valence-corrected chi connectivity index (χ4v) is 2.98. The van der Waals surface area contributed by atoms with Crippen LogP contribution in [0.4, 0.5) is 0 Å². The zero-order valence-corrected chi connectivity index (χ0v) is 20.5. The number of aromatic nitrogens is 1. The number of ether oxygens (including phenoxy) is 3. The third kappa shape index (κ3) is 6.85. The zero-order chi connectivity index (χ0) is 23.2. The van der Waals surface area contributed by atoms with Crippen molar-refractivity contribution in [3.05, 3.63) is 47.7 Å². The van der Waals surface area contributed by atoms with Crippen molar-refractivity contribution in [3.63, 3.8) is 0 Å². The Kier molecular flexibility index (Phi) is 8.46. The maximum atomic E-state index is 10.8. The lowest BCUT2D eigenvalue weighted by atomic mass is 9.81. The Morgan fingerprint density at radius 3 is 2.66 bits per heavy atom. The molecule has 3 rings (SSSR count). The number of rotatable bonds is 10. The van der Waals surface area contributed by atoms with Gasteiger partial charge in [-0.25, -0.2) is 4.98 Å². The molecule has 0 aliphatic carbocycles. The standard InChI is InChI=1S/C24H32BNO5P/c1-23(2,24(3,4)32)31-25-20-10-9-19(30-21-11-8-17(15-27)14-26-21)13-18(20)16-29-22-7-5-6-12-28-22/h8-11,13-15,22H,5-7,12,16,32H2,1-4H3. The van der Waals surface area contributed by atoms with Gasteiger partial charge in [0.25, 0.3) is 0 Å². The van der Waals surface area contributed by atoms with Gasteiger partial charge in [-0.1, -0.05) is 19.9 Å². The zero-order valence-electron chi connectivity index (χ0n) is 19.3. The molecule has 0 spiro atoms. The molecule has 1 saturated heterocycles. The molecule has 0 N–H and O–H groups in total. The fourth-order valence-electron chi connectivity index (χ4n) is 2.92. The first-order valence-electron chi connectivity index (χ1n) is 10.9. The highest BCUT2D eigenvalue weighted by Gasteiger charge is 2.34. The summed E-state index contributed by atoms with van der Waals surface area (Å²) in [4.78, 5) is 15.0. The molecule has 1 fully saturated rings. The van der Waals surface area contributed by atoms with Gasteiger partial charge in [0, 0.05) is 29.6 Å². The lowest BCUT2D eigenvalue weighted by Crippen LogP contribution is -2.45. The number of carbonyl (C=O) groups is 1. The summed E-state index contributed by atoms with van der Waals surface area (Å²) in [6.07, 6.45) is 5.12. The quantitative estimate of drug-likeness (QED) is 0.300. The first kappa shape index (κ1) is 24.8. The predicted octanol–water partition coefficient (Wildman–Crippen LogP) is 4.42. The van der Waals surface area contributed by atoms with Crippen molar-refractivity contribution in [2.24, 2.45) is 0 Å². The maximum Gasteiger partial charge on any atom is 0.331 e. The molecule has 0 amide bonds. The molecule has 2 unspecified atom stereocenters. The van der Waals surface area contributed by atoms with Crippen molar-refractivity contribution in [1.82, 2.24) is 4.98 Å². The molecule has 32 heavy (non-hydrogen) atoms. The van der Waals surface area contributed by atoms with E-state index in [4.69, 9.17) is 18.9 Å². The van der Waals surface area contributed by atoms with E-state index in [2.05, 4.69) is 41.9 Å². The third-order valence-corrected chi connectivity index (χ3v) is 6.52. The molecule has 0 saturated carbocycles. The molecule has 1 radical (unpaired) electrons. The molecule has 1 aromatic carbocycles. The van der Waals surface area contributed by atoms with Crippen LogP contribution >= 0.6 is 9.24 Å².